The van der Waals surface area contributed by atoms with E-state index in [1.54, 1.807) is 12.1 Å². The van der Waals surface area contributed by atoms with Gasteiger partial charge < -0.3 is 28.8 Å². The van der Waals surface area contributed by atoms with Crippen LogP contribution in [0.1, 0.15) is 6.92 Å². The minimum Gasteiger partial charge on any atom is -0.502 e. The Hall–Kier alpha value is -3.36. The predicted molar refractivity (Wildman–Crippen MR) is 81.9 cm³/mol. The predicted octanol–water partition coefficient (Wildman–Crippen LogP) is 2.68. The van der Waals surface area contributed by atoms with Crippen LogP contribution in [-0.4, -0.2) is 36.5 Å². The molecule has 1 aromatic carbocycles. The van der Waals surface area contributed by atoms with Crippen LogP contribution in [0.5, 0.6) is 23.0 Å². The molecule has 0 atom stereocenters. The van der Waals surface area contributed by atoms with Crippen molar-refractivity contribution in [2.75, 3.05) is 19.5 Å². The molecular weight excluding hydrogens is 322 g/mol. The van der Waals surface area contributed by atoms with Gasteiger partial charge in [0.1, 0.15) is 0 Å². The second-order valence-electron chi connectivity index (χ2n) is 4.53. The Labute approximate surface area is 136 Å². The first-order chi connectivity index (χ1) is 11.4. The lowest BCUT2D eigenvalue weighted by molar-refractivity contribution is -0.132. The van der Waals surface area contributed by atoms with Crippen molar-refractivity contribution >= 4 is 17.9 Å². The van der Waals surface area contributed by atoms with Gasteiger partial charge in [-0.3, -0.25) is 10.1 Å². The first-order valence-electron chi connectivity index (χ1n) is 6.63. The maximum Gasteiger partial charge on any atom is 0.411 e. The van der Waals surface area contributed by atoms with Crippen molar-refractivity contribution in [3.63, 3.8) is 0 Å². The first-order valence-corrected chi connectivity index (χ1v) is 6.63. The summed E-state index contributed by atoms with van der Waals surface area (Å²) in [5.41, 5.74) is 0.358. The van der Waals surface area contributed by atoms with E-state index in [0.29, 0.717) is 17.1 Å². The van der Waals surface area contributed by atoms with Crippen molar-refractivity contribution in [1.82, 2.24) is 0 Å². The van der Waals surface area contributed by atoms with Crippen LogP contribution in [0.2, 0.25) is 0 Å². The number of carbonyl (C=O) groups excluding carboxylic acids is 1. The molecule has 2 aromatic rings. The molecule has 1 aromatic heterocycles. The lowest BCUT2D eigenvalue weighted by Gasteiger charge is -2.08. The van der Waals surface area contributed by atoms with E-state index in [4.69, 9.17) is 23.7 Å². The zero-order valence-electron chi connectivity index (χ0n) is 13.1. The second-order valence-corrected chi connectivity index (χ2v) is 4.53. The summed E-state index contributed by atoms with van der Waals surface area (Å²) in [6.07, 6.45) is -1.45. The third-order valence-electron chi connectivity index (χ3n) is 2.95. The van der Waals surface area contributed by atoms with E-state index in [1.807, 2.05) is 5.32 Å². The normalized spacial score (nSPS) is 10.1. The van der Waals surface area contributed by atoms with Crippen molar-refractivity contribution < 1.29 is 38.4 Å². The Morgan fingerprint density at radius 3 is 2.38 bits per heavy atom. The molecule has 0 saturated carbocycles. The van der Waals surface area contributed by atoms with Crippen LogP contribution < -0.4 is 19.5 Å². The van der Waals surface area contributed by atoms with Gasteiger partial charge in [-0.05, 0) is 18.2 Å². The Kier molecular flexibility index (Phi) is 4.83. The molecule has 0 unspecified atom stereocenters. The molecule has 0 saturated heterocycles. The van der Waals surface area contributed by atoms with Crippen molar-refractivity contribution in [3.05, 3.63) is 18.2 Å². The number of rotatable bonds is 5. The fourth-order valence-corrected chi connectivity index (χ4v) is 2.00. The fourth-order valence-electron chi connectivity index (χ4n) is 2.00. The average Bonchev–Trinajstić information content (AvgIpc) is 2.82. The van der Waals surface area contributed by atoms with E-state index in [-0.39, 0.29) is 5.76 Å². The van der Waals surface area contributed by atoms with Gasteiger partial charge in [-0.1, -0.05) is 0 Å². The summed E-state index contributed by atoms with van der Waals surface area (Å²) in [6, 6.07) is 4.65. The summed E-state index contributed by atoms with van der Waals surface area (Å²) in [5, 5.41) is 21.0. The molecule has 0 aliphatic carbocycles. The molecule has 0 bridgehead atoms. The smallest absolute Gasteiger partial charge is 0.411 e. The van der Waals surface area contributed by atoms with Gasteiger partial charge in [0.2, 0.25) is 11.5 Å². The van der Waals surface area contributed by atoms with Gasteiger partial charge in [-0.25, -0.2) is 4.79 Å². The van der Waals surface area contributed by atoms with Gasteiger partial charge in [0.15, 0.2) is 17.3 Å². The van der Waals surface area contributed by atoms with E-state index < -0.39 is 29.4 Å². The Morgan fingerprint density at radius 1 is 1.17 bits per heavy atom. The van der Waals surface area contributed by atoms with Crippen LogP contribution >= 0.6 is 0 Å². The molecule has 1 amide bonds. The lowest BCUT2D eigenvalue weighted by Crippen LogP contribution is -2.09. The van der Waals surface area contributed by atoms with Crippen LogP contribution in [0.4, 0.5) is 10.7 Å². The standard InChI is InChI=1S/C15H15NO8/c1-7(17)23-13-11(18)12(24-14(13)16-15(19)20)8-4-5-9(21-2)10(6-8)22-3/h4-6,16,18H,1-3H3,(H,19,20). The number of carboxylic acid groups (broad SMARTS) is 1. The minimum absolute atomic E-state index is 0.101. The molecule has 128 valence electrons. The number of nitrogens with one attached hydrogen (secondary N) is 1. The van der Waals surface area contributed by atoms with Crippen LogP contribution in [0.15, 0.2) is 22.6 Å². The topological polar surface area (TPSA) is 127 Å². The Bertz CT molecular complexity index is 780. The van der Waals surface area contributed by atoms with Crippen molar-refractivity contribution in [1.29, 1.82) is 0 Å². The Balaban J connectivity index is 2.56. The van der Waals surface area contributed by atoms with Crippen LogP contribution in [0.3, 0.4) is 0 Å². The molecule has 0 fully saturated rings. The number of carbonyl (C=O) groups is 2. The van der Waals surface area contributed by atoms with E-state index >= 15 is 0 Å². The zero-order chi connectivity index (χ0) is 17.9. The molecule has 9 heteroatoms. The molecule has 9 nitrogen and oxygen atoms in total. The van der Waals surface area contributed by atoms with Gasteiger partial charge in [-0.2, -0.15) is 0 Å². The number of benzene rings is 1. The number of aromatic hydroxyl groups is 1. The molecule has 24 heavy (non-hydrogen) atoms. The highest BCUT2D eigenvalue weighted by Gasteiger charge is 2.26. The number of methoxy groups -OCH3 is 2. The molecule has 3 N–H and O–H groups in total. The number of ether oxygens (including phenoxy) is 3. The van der Waals surface area contributed by atoms with Gasteiger partial charge >= 0.3 is 12.1 Å². The maximum atomic E-state index is 11.1. The largest absolute Gasteiger partial charge is 0.502 e. The van der Waals surface area contributed by atoms with Gasteiger partial charge in [-0.15, -0.1) is 0 Å². The highest BCUT2D eigenvalue weighted by molar-refractivity contribution is 5.88. The Morgan fingerprint density at radius 2 is 1.83 bits per heavy atom. The summed E-state index contributed by atoms with van der Waals surface area (Å²) < 4.78 is 20.4. The second kappa shape index (κ2) is 6.82. The van der Waals surface area contributed by atoms with Crippen LogP contribution in [-0.2, 0) is 4.79 Å². The fraction of sp³-hybridized carbons (Fsp3) is 0.200. The number of hydrogen-bond donors (Lipinski definition) is 3. The summed E-state index contributed by atoms with van der Waals surface area (Å²) in [7, 11) is 2.90. The van der Waals surface area contributed by atoms with Crippen molar-refractivity contribution in [2.24, 2.45) is 0 Å². The summed E-state index contributed by atoms with van der Waals surface area (Å²) in [5.74, 6) is -1.39. The van der Waals surface area contributed by atoms with Crippen LogP contribution in [0, 0.1) is 0 Å². The highest BCUT2D eigenvalue weighted by Crippen LogP contribution is 2.47. The van der Waals surface area contributed by atoms with Gasteiger partial charge in [0.05, 0.1) is 14.2 Å². The van der Waals surface area contributed by atoms with Gasteiger partial charge in [0, 0.05) is 12.5 Å². The molecular formula is C15H15NO8. The van der Waals surface area contributed by atoms with Crippen molar-refractivity contribution in [3.8, 4) is 34.3 Å². The maximum absolute atomic E-state index is 11.1. The zero-order valence-corrected chi connectivity index (χ0v) is 13.1. The molecule has 0 radical (unpaired) electrons. The van der Waals surface area contributed by atoms with E-state index in [1.165, 1.54) is 20.3 Å². The number of hydrogen-bond acceptors (Lipinski definition) is 7. The number of esters is 1. The molecule has 0 aliphatic heterocycles. The molecule has 0 spiro atoms. The summed E-state index contributed by atoms with van der Waals surface area (Å²) in [6.45, 7) is 1.10. The van der Waals surface area contributed by atoms with Crippen molar-refractivity contribution in [2.45, 2.75) is 6.92 Å². The molecule has 1 heterocycles. The highest BCUT2D eigenvalue weighted by atomic mass is 16.6. The van der Waals surface area contributed by atoms with Gasteiger partial charge in [0.25, 0.3) is 5.88 Å². The molecule has 0 aliphatic rings. The number of anilines is 1. The third-order valence-corrected chi connectivity index (χ3v) is 2.95. The summed E-state index contributed by atoms with van der Waals surface area (Å²) >= 11 is 0. The van der Waals surface area contributed by atoms with E-state index in [9.17, 15) is 14.7 Å². The summed E-state index contributed by atoms with van der Waals surface area (Å²) in [4.78, 5) is 22.0. The minimum atomic E-state index is -1.45. The van der Waals surface area contributed by atoms with Crippen LogP contribution in [0.25, 0.3) is 11.3 Å². The number of furan rings is 1. The lowest BCUT2D eigenvalue weighted by atomic mass is 10.1. The third kappa shape index (κ3) is 3.35. The van der Waals surface area contributed by atoms with E-state index in [2.05, 4.69) is 0 Å². The molecule has 2 rings (SSSR count). The quantitative estimate of drug-likeness (QED) is 0.711. The first kappa shape index (κ1) is 17.0. The average molecular weight is 337 g/mol. The number of amides is 1. The van der Waals surface area contributed by atoms with E-state index in [0.717, 1.165) is 6.92 Å². The monoisotopic (exact) mass is 337 g/mol. The SMILES string of the molecule is COc1ccc(-c2oc(NC(=O)O)c(OC(C)=O)c2O)cc1OC.